The first-order valence-corrected chi connectivity index (χ1v) is 7.83. The first-order chi connectivity index (χ1) is 11.0. The molecule has 0 radical (unpaired) electrons. The number of benzene rings is 1. The molecule has 2 atom stereocenters. The summed E-state index contributed by atoms with van der Waals surface area (Å²) in [6.07, 6.45) is 1.90. The summed E-state index contributed by atoms with van der Waals surface area (Å²) >= 11 is 0. The minimum atomic E-state index is -0.451. The molecule has 1 fully saturated rings. The molecule has 1 aromatic heterocycles. The fraction of sp³-hybridized carbons (Fsp3) is 0.412. The number of fused-ring (bicyclic) bond motifs is 1. The highest BCUT2D eigenvalue weighted by Crippen LogP contribution is 2.23. The van der Waals surface area contributed by atoms with Crippen LogP contribution in [0.25, 0.3) is 10.9 Å². The quantitative estimate of drug-likeness (QED) is 0.869. The number of aromatic amines is 1. The number of pyridine rings is 1. The van der Waals surface area contributed by atoms with Gasteiger partial charge in [-0.2, -0.15) is 0 Å². The Bertz CT molecular complexity index is 806. The maximum Gasteiger partial charge on any atom is 0.254 e. The van der Waals surface area contributed by atoms with Crippen LogP contribution in [-0.4, -0.2) is 34.9 Å². The molecule has 1 aliphatic rings. The van der Waals surface area contributed by atoms with Gasteiger partial charge in [0.1, 0.15) is 5.82 Å². The molecule has 130 valence electrons. The van der Waals surface area contributed by atoms with Gasteiger partial charge in [-0.3, -0.25) is 9.59 Å². The number of hydrogen-bond donors (Lipinski definition) is 2. The van der Waals surface area contributed by atoms with E-state index in [1.54, 1.807) is 4.90 Å². The maximum absolute atomic E-state index is 13.4. The number of carbonyl (C=O) groups is 1. The maximum atomic E-state index is 13.4. The molecule has 0 saturated carbocycles. The van der Waals surface area contributed by atoms with Crippen LogP contribution in [0.1, 0.15) is 30.1 Å². The number of halogens is 2. The Kier molecular flexibility index (Phi) is 5.62. The van der Waals surface area contributed by atoms with Crippen LogP contribution in [0.2, 0.25) is 0 Å². The molecule has 2 unspecified atom stereocenters. The third-order valence-electron chi connectivity index (χ3n) is 4.52. The lowest BCUT2D eigenvalue weighted by Gasteiger charge is -2.34. The number of rotatable bonds is 2. The Morgan fingerprint density at radius 2 is 2.17 bits per heavy atom. The molecule has 0 bridgehead atoms. The van der Waals surface area contributed by atoms with Gasteiger partial charge in [0.25, 0.3) is 5.91 Å². The molecular formula is C17H21ClFN3O2. The van der Waals surface area contributed by atoms with E-state index in [1.165, 1.54) is 24.3 Å². The van der Waals surface area contributed by atoms with Crippen molar-refractivity contribution >= 4 is 29.2 Å². The number of nitrogens with two attached hydrogens (primary N) is 1. The second-order valence-corrected chi connectivity index (χ2v) is 6.25. The SMILES string of the molecule is CC(N)C1CCCN(C(=O)c2cc(=O)[nH]c3cc(F)ccc23)C1.Cl. The summed E-state index contributed by atoms with van der Waals surface area (Å²) in [4.78, 5) is 29.0. The summed E-state index contributed by atoms with van der Waals surface area (Å²) in [7, 11) is 0. The topological polar surface area (TPSA) is 79.2 Å². The first kappa shape index (κ1) is 18.4. The summed E-state index contributed by atoms with van der Waals surface area (Å²) in [6.45, 7) is 3.19. The average Bonchev–Trinajstić information content (AvgIpc) is 2.53. The van der Waals surface area contributed by atoms with Crippen LogP contribution < -0.4 is 11.3 Å². The highest BCUT2D eigenvalue weighted by molar-refractivity contribution is 6.06. The van der Waals surface area contributed by atoms with Gasteiger partial charge in [-0.1, -0.05) is 0 Å². The van der Waals surface area contributed by atoms with Crippen LogP contribution in [0.4, 0.5) is 4.39 Å². The second kappa shape index (κ2) is 7.32. The molecule has 7 heteroatoms. The van der Waals surface area contributed by atoms with Gasteiger partial charge >= 0.3 is 0 Å². The first-order valence-electron chi connectivity index (χ1n) is 7.83. The number of H-pyrrole nitrogens is 1. The Morgan fingerprint density at radius 1 is 1.42 bits per heavy atom. The van der Waals surface area contributed by atoms with Gasteiger partial charge in [-0.05, 0) is 43.9 Å². The largest absolute Gasteiger partial charge is 0.338 e. The number of carbonyl (C=O) groups excluding carboxylic acids is 1. The van der Waals surface area contributed by atoms with Crippen LogP contribution in [0.5, 0.6) is 0 Å². The van der Waals surface area contributed by atoms with E-state index in [0.717, 1.165) is 12.8 Å². The van der Waals surface area contributed by atoms with E-state index in [0.29, 0.717) is 29.6 Å². The van der Waals surface area contributed by atoms with E-state index < -0.39 is 11.4 Å². The van der Waals surface area contributed by atoms with E-state index >= 15 is 0 Å². The Hall–Kier alpha value is -1.92. The van der Waals surface area contributed by atoms with E-state index in [4.69, 9.17) is 5.73 Å². The molecule has 24 heavy (non-hydrogen) atoms. The molecule has 3 N–H and O–H groups in total. The molecule has 2 aromatic rings. The number of piperidine rings is 1. The van der Waals surface area contributed by atoms with Gasteiger partial charge in [-0.15, -0.1) is 12.4 Å². The van der Waals surface area contributed by atoms with Gasteiger partial charge in [0.05, 0.1) is 11.1 Å². The van der Waals surface area contributed by atoms with E-state index in [-0.39, 0.29) is 30.3 Å². The molecule has 1 saturated heterocycles. The minimum Gasteiger partial charge on any atom is -0.338 e. The Morgan fingerprint density at radius 3 is 2.88 bits per heavy atom. The van der Waals surface area contributed by atoms with Gasteiger partial charge in [0, 0.05) is 30.6 Å². The van der Waals surface area contributed by atoms with Crippen molar-refractivity contribution in [3.05, 3.63) is 46.0 Å². The number of amides is 1. The minimum absolute atomic E-state index is 0. The summed E-state index contributed by atoms with van der Waals surface area (Å²) in [6, 6.07) is 5.36. The number of hydrogen-bond acceptors (Lipinski definition) is 3. The molecule has 5 nitrogen and oxygen atoms in total. The van der Waals surface area contributed by atoms with E-state index in [1.807, 2.05) is 6.92 Å². The summed E-state index contributed by atoms with van der Waals surface area (Å²) in [5.74, 6) is -0.385. The van der Waals surface area contributed by atoms with Gasteiger partial charge in [-0.25, -0.2) is 4.39 Å². The van der Waals surface area contributed by atoms with Crippen LogP contribution in [0.3, 0.4) is 0 Å². The molecule has 1 aromatic carbocycles. The monoisotopic (exact) mass is 353 g/mol. The molecule has 3 rings (SSSR count). The zero-order valence-corrected chi connectivity index (χ0v) is 14.2. The predicted molar refractivity (Wildman–Crippen MR) is 94.1 cm³/mol. The predicted octanol–water partition coefficient (Wildman–Crippen LogP) is 2.29. The summed E-state index contributed by atoms with van der Waals surface area (Å²) in [5.41, 5.74) is 6.20. The lowest BCUT2D eigenvalue weighted by atomic mass is 9.91. The van der Waals surface area contributed by atoms with Crippen LogP contribution in [-0.2, 0) is 0 Å². The molecule has 2 heterocycles. The summed E-state index contributed by atoms with van der Waals surface area (Å²) in [5, 5.41) is 0.555. The van der Waals surface area contributed by atoms with Crippen molar-refractivity contribution in [1.82, 2.24) is 9.88 Å². The van der Waals surface area contributed by atoms with Gasteiger partial charge in [0.2, 0.25) is 5.56 Å². The number of likely N-dealkylation sites (tertiary alicyclic amines) is 1. The zero-order valence-electron chi connectivity index (χ0n) is 13.4. The highest BCUT2D eigenvalue weighted by atomic mass is 35.5. The van der Waals surface area contributed by atoms with Gasteiger partial charge < -0.3 is 15.6 Å². The standard InChI is InChI=1S/C17H20FN3O2.ClH/c1-10(19)11-3-2-6-21(9-11)17(23)14-8-16(22)20-15-7-12(18)4-5-13(14)15;/h4-5,7-8,10-11H,2-3,6,9,19H2,1H3,(H,20,22);1H. The second-order valence-electron chi connectivity index (χ2n) is 6.25. The number of nitrogens with zero attached hydrogens (tertiary/aromatic N) is 1. The fourth-order valence-corrected chi connectivity index (χ4v) is 3.20. The molecule has 0 aliphatic carbocycles. The lowest BCUT2D eigenvalue weighted by Crippen LogP contribution is -2.45. The Balaban J connectivity index is 0.00000208. The van der Waals surface area contributed by atoms with Gasteiger partial charge in [0.15, 0.2) is 0 Å². The van der Waals surface area contributed by atoms with Crippen molar-refractivity contribution in [3.8, 4) is 0 Å². The van der Waals surface area contributed by atoms with Crippen molar-refractivity contribution in [2.45, 2.75) is 25.8 Å². The zero-order chi connectivity index (χ0) is 16.6. The van der Waals surface area contributed by atoms with Crippen LogP contribution in [0.15, 0.2) is 29.1 Å². The van der Waals surface area contributed by atoms with E-state index in [9.17, 15) is 14.0 Å². The fourth-order valence-electron chi connectivity index (χ4n) is 3.20. The average molecular weight is 354 g/mol. The van der Waals surface area contributed by atoms with Crippen molar-refractivity contribution in [2.75, 3.05) is 13.1 Å². The number of aromatic nitrogens is 1. The lowest BCUT2D eigenvalue weighted by molar-refractivity contribution is 0.0662. The third-order valence-corrected chi connectivity index (χ3v) is 4.52. The van der Waals surface area contributed by atoms with Crippen molar-refractivity contribution < 1.29 is 9.18 Å². The smallest absolute Gasteiger partial charge is 0.254 e. The Labute approximate surface area is 145 Å². The normalized spacial score (nSPS) is 19.0. The highest BCUT2D eigenvalue weighted by Gasteiger charge is 2.27. The molecule has 1 amide bonds. The summed E-state index contributed by atoms with van der Waals surface area (Å²) < 4.78 is 13.4. The molecular weight excluding hydrogens is 333 g/mol. The van der Waals surface area contributed by atoms with Crippen LogP contribution >= 0.6 is 12.4 Å². The van der Waals surface area contributed by atoms with Crippen molar-refractivity contribution in [2.24, 2.45) is 11.7 Å². The van der Waals surface area contributed by atoms with Crippen LogP contribution in [0, 0.1) is 11.7 Å². The van der Waals surface area contributed by atoms with Crippen molar-refractivity contribution in [3.63, 3.8) is 0 Å². The van der Waals surface area contributed by atoms with Crippen molar-refractivity contribution in [1.29, 1.82) is 0 Å². The number of nitrogens with one attached hydrogen (secondary N) is 1. The third kappa shape index (κ3) is 3.60. The molecule has 0 spiro atoms. The molecule has 1 aliphatic heterocycles. The van der Waals surface area contributed by atoms with E-state index in [2.05, 4.69) is 4.98 Å².